The summed E-state index contributed by atoms with van der Waals surface area (Å²) in [6, 6.07) is 0. The molecule has 1 saturated heterocycles. The Kier molecular flexibility index (Phi) is 2.90. The molecule has 2 heteroatoms. The number of hydrogen-bond acceptors (Lipinski definition) is 2. The van der Waals surface area contributed by atoms with Crippen molar-refractivity contribution >= 4 is 0 Å². The summed E-state index contributed by atoms with van der Waals surface area (Å²) in [7, 11) is 0. The van der Waals surface area contributed by atoms with Crippen molar-refractivity contribution in [3.8, 4) is 0 Å². The molecule has 0 amide bonds. The molecule has 0 aromatic carbocycles. The molecule has 0 spiro atoms. The quantitative estimate of drug-likeness (QED) is 0.666. The molecule has 0 bridgehead atoms. The third kappa shape index (κ3) is 1.42. The van der Waals surface area contributed by atoms with Crippen LogP contribution in [0.25, 0.3) is 0 Å². The molecule has 1 aliphatic rings. The van der Waals surface area contributed by atoms with Gasteiger partial charge < -0.3 is 5.11 Å². The molecule has 0 aromatic heterocycles. The van der Waals surface area contributed by atoms with Crippen molar-refractivity contribution < 1.29 is 5.11 Å². The molecular weight excluding hydrogens is 138 g/mol. The molecule has 1 N–H and O–H groups in total. The Morgan fingerprint density at radius 3 is 2.55 bits per heavy atom. The van der Waals surface area contributed by atoms with Crippen LogP contribution in [-0.2, 0) is 0 Å². The minimum absolute atomic E-state index is 0.134. The van der Waals surface area contributed by atoms with E-state index < -0.39 is 0 Å². The molecule has 1 fully saturated rings. The first-order valence-electron chi connectivity index (χ1n) is 4.65. The Morgan fingerprint density at radius 2 is 2.18 bits per heavy atom. The van der Waals surface area contributed by atoms with Gasteiger partial charge in [-0.25, -0.2) is 0 Å². The van der Waals surface area contributed by atoms with E-state index in [2.05, 4.69) is 18.7 Å². The Labute approximate surface area is 69.2 Å². The molecule has 1 atom stereocenters. The second-order valence-corrected chi connectivity index (χ2v) is 3.42. The van der Waals surface area contributed by atoms with Crippen molar-refractivity contribution in [1.29, 1.82) is 0 Å². The van der Waals surface area contributed by atoms with E-state index >= 15 is 0 Å². The number of likely N-dealkylation sites (N-methyl/N-ethyl adjacent to an activating group) is 1. The standard InChI is InChI=1S/C9H19NO/c1-3-9(8-11)6-5-7-10(9)4-2/h11H,3-8H2,1-2H3/t9-/m0/s1. The van der Waals surface area contributed by atoms with Gasteiger partial charge in [0, 0.05) is 5.54 Å². The van der Waals surface area contributed by atoms with Gasteiger partial charge in [0.2, 0.25) is 0 Å². The molecule has 0 aromatic rings. The summed E-state index contributed by atoms with van der Waals surface area (Å²) in [6.07, 6.45) is 3.51. The third-order valence-electron chi connectivity index (χ3n) is 3.08. The van der Waals surface area contributed by atoms with E-state index in [0.717, 1.165) is 13.0 Å². The summed E-state index contributed by atoms with van der Waals surface area (Å²) in [5, 5.41) is 9.28. The van der Waals surface area contributed by atoms with Gasteiger partial charge in [-0.05, 0) is 32.4 Å². The molecule has 2 nitrogen and oxygen atoms in total. The predicted molar refractivity (Wildman–Crippen MR) is 46.6 cm³/mol. The summed E-state index contributed by atoms with van der Waals surface area (Å²) in [4.78, 5) is 2.41. The van der Waals surface area contributed by atoms with Crippen LogP contribution in [0.2, 0.25) is 0 Å². The normalized spacial score (nSPS) is 33.0. The SMILES string of the molecule is CCN1CCC[C@@]1(CC)CO. The zero-order valence-electron chi connectivity index (χ0n) is 7.64. The smallest absolute Gasteiger partial charge is 0.0615 e. The van der Waals surface area contributed by atoms with Gasteiger partial charge >= 0.3 is 0 Å². The molecule has 0 radical (unpaired) electrons. The summed E-state index contributed by atoms with van der Waals surface area (Å²) >= 11 is 0. The number of hydrogen-bond donors (Lipinski definition) is 1. The third-order valence-corrected chi connectivity index (χ3v) is 3.08. The first-order valence-corrected chi connectivity index (χ1v) is 4.65. The fourth-order valence-corrected chi connectivity index (χ4v) is 2.18. The predicted octanol–water partition coefficient (Wildman–Crippen LogP) is 1.24. The molecule has 0 unspecified atom stereocenters. The number of likely N-dealkylation sites (tertiary alicyclic amines) is 1. The van der Waals surface area contributed by atoms with Crippen LogP contribution in [0.3, 0.4) is 0 Å². The number of aliphatic hydroxyl groups excluding tert-OH is 1. The zero-order valence-corrected chi connectivity index (χ0v) is 7.64. The van der Waals surface area contributed by atoms with Crippen molar-refractivity contribution in [1.82, 2.24) is 4.90 Å². The summed E-state index contributed by atoms with van der Waals surface area (Å²) in [5.74, 6) is 0. The lowest BCUT2D eigenvalue weighted by Gasteiger charge is -2.35. The summed E-state index contributed by atoms with van der Waals surface area (Å²) in [5.41, 5.74) is 0.134. The van der Waals surface area contributed by atoms with Gasteiger partial charge in [-0.3, -0.25) is 4.90 Å². The Morgan fingerprint density at radius 1 is 1.45 bits per heavy atom. The lowest BCUT2D eigenvalue weighted by Crippen LogP contribution is -2.46. The van der Waals surface area contributed by atoms with Crippen LogP contribution in [0.5, 0.6) is 0 Å². The number of aliphatic hydroxyl groups is 1. The van der Waals surface area contributed by atoms with E-state index in [0.29, 0.717) is 6.61 Å². The average Bonchev–Trinajstić information content (AvgIpc) is 2.47. The van der Waals surface area contributed by atoms with Gasteiger partial charge in [0.05, 0.1) is 6.61 Å². The minimum Gasteiger partial charge on any atom is -0.394 e. The molecule has 0 saturated carbocycles. The maximum atomic E-state index is 9.28. The van der Waals surface area contributed by atoms with Crippen molar-refractivity contribution in [3.63, 3.8) is 0 Å². The van der Waals surface area contributed by atoms with E-state index in [1.54, 1.807) is 0 Å². The Hall–Kier alpha value is -0.0800. The van der Waals surface area contributed by atoms with E-state index in [1.165, 1.54) is 19.4 Å². The highest BCUT2D eigenvalue weighted by Gasteiger charge is 2.37. The molecule has 0 aliphatic carbocycles. The van der Waals surface area contributed by atoms with Gasteiger partial charge in [0.25, 0.3) is 0 Å². The number of rotatable bonds is 3. The highest BCUT2D eigenvalue weighted by atomic mass is 16.3. The van der Waals surface area contributed by atoms with Crippen LogP contribution in [0, 0.1) is 0 Å². The van der Waals surface area contributed by atoms with Gasteiger partial charge in [-0.1, -0.05) is 13.8 Å². The first kappa shape index (κ1) is 9.01. The topological polar surface area (TPSA) is 23.5 Å². The van der Waals surface area contributed by atoms with Gasteiger partial charge in [-0.15, -0.1) is 0 Å². The zero-order chi connectivity index (χ0) is 8.32. The molecule has 1 rings (SSSR count). The molecule has 1 aliphatic heterocycles. The fraction of sp³-hybridized carbons (Fsp3) is 1.00. The lowest BCUT2D eigenvalue weighted by atomic mass is 9.94. The molecule has 1 heterocycles. The van der Waals surface area contributed by atoms with Crippen molar-refractivity contribution in [2.45, 2.75) is 38.6 Å². The highest BCUT2D eigenvalue weighted by molar-refractivity contribution is 4.93. The van der Waals surface area contributed by atoms with Crippen molar-refractivity contribution in [3.05, 3.63) is 0 Å². The van der Waals surface area contributed by atoms with Gasteiger partial charge in [0.15, 0.2) is 0 Å². The second-order valence-electron chi connectivity index (χ2n) is 3.42. The van der Waals surface area contributed by atoms with Crippen LogP contribution < -0.4 is 0 Å². The van der Waals surface area contributed by atoms with Crippen LogP contribution in [-0.4, -0.2) is 35.2 Å². The number of nitrogens with zero attached hydrogens (tertiary/aromatic N) is 1. The average molecular weight is 157 g/mol. The summed E-state index contributed by atoms with van der Waals surface area (Å²) < 4.78 is 0. The van der Waals surface area contributed by atoms with Gasteiger partial charge in [-0.2, -0.15) is 0 Å². The summed E-state index contributed by atoms with van der Waals surface area (Å²) in [6.45, 7) is 6.92. The van der Waals surface area contributed by atoms with Crippen LogP contribution in [0.1, 0.15) is 33.1 Å². The monoisotopic (exact) mass is 157 g/mol. The Balaban J connectivity index is 2.63. The van der Waals surface area contributed by atoms with E-state index in [-0.39, 0.29) is 5.54 Å². The maximum absolute atomic E-state index is 9.28. The van der Waals surface area contributed by atoms with Crippen LogP contribution >= 0.6 is 0 Å². The fourth-order valence-electron chi connectivity index (χ4n) is 2.18. The second kappa shape index (κ2) is 3.55. The van der Waals surface area contributed by atoms with Gasteiger partial charge in [0.1, 0.15) is 0 Å². The van der Waals surface area contributed by atoms with E-state index in [1.807, 2.05) is 0 Å². The largest absolute Gasteiger partial charge is 0.394 e. The van der Waals surface area contributed by atoms with Crippen molar-refractivity contribution in [2.24, 2.45) is 0 Å². The Bertz CT molecular complexity index is 121. The van der Waals surface area contributed by atoms with Crippen molar-refractivity contribution in [2.75, 3.05) is 19.7 Å². The highest BCUT2D eigenvalue weighted by Crippen LogP contribution is 2.31. The molecule has 11 heavy (non-hydrogen) atoms. The molecular formula is C9H19NO. The van der Waals surface area contributed by atoms with E-state index in [4.69, 9.17) is 0 Å². The minimum atomic E-state index is 0.134. The molecule has 66 valence electrons. The van der Waals surface area contributed by atoms with Crippen LogP contribution in [0.4, 0.5) is 0 Å². The maximum Gasteiger partial charge on any atom is 0.0615 e. The first-order chi connectivity index (χ1) is 5.29. The lowest BCUT2D eigenvalue weighted by molar-refractivity contribution is 0.0647. The van der Waals surface area contributed by atoms with Crippen LogP contribution in [0.15, 0.2) is 0 Å². The van der Waals surface area contributed by atoms with E-state index in [9.17, 15) is 5.11 Å².